The number of aryl methyl sites for hydroxylation is 1. The predicted octanol–water partition coefficient (Wildman–Crippen LogP) is 1.01. The third kappa shape index (κ3) is 21.1. The van der Waals surface area contributed by atoms with Crippen LogP contribution in [0, 0.1) is 6.92 Å². The molecular formula is C26H44O13S. The molecule has 0 amide bonds. The maximum atomic E-state index is 12.0. The zero-order valence-electron chi connectivity index (χ0n) is 23.5. The van der Waals surface area contributed by atoms with E-state index in [0.717, 1.165) is 5.56 Å². The SMILES string of the molecule is COC(=O)COCCOCCOCCOCCOCCOCCOCCOCCOS(=O)(=O)c1ccc(C)cc1. The highest BCUT2D eigenvalue weighted by Crippen LogP contribution is 2.12. The van der Waals surface area contributed by atoms with Crippen molar-refractivity contribution in [3.05, 3.63) is 29.8 Å². The van der Waals surface area contributed by atoms with E-state index in [1.165, 1.54) is 19.2 Å². The van der Waals surface area contributed by atoms with Gasteiger partial charge in [-0.2, -0.15) is 8.42 Å². The summed E-state index contributed by atoms with van der Waals surface area (Å²) in [5.74, 6) is -0.416. The minimum absolute atomic E-state index is 0.0627. The van der Waals surface area contributed by atoms with E-state index in [1.807, 2.05) is 6.92 Å². The van der Waals surface area contributed by atoms with Gasteiger partial charge in [0.05, 0.1) is 118 Å². The molecule has 1 aromatic carbocycles. The molecule has 0 aliphatic heterocycles. The van der Waals surface area contributed by atoms with Crippen molar-refractivity contribution in [3.63, 3.8) is 0 Å². The van der Waals surface area contributed by atoms with Gasteiger partial charge in [-0.15, -0.1) is 0 Å². The third-order valence-electron chi connectivity index (χ3n) is 4.83. The number of ether oxygens (including phenoxy) is 9. The Morgan fingerprint density at radius 2 is 0.875 bits per heavy atom. The molecule has 0 unspecified atom stereocenters. The molecule has 0 bridgehead atoms. The molecule has 40 heavy (non-hydrogen) atoms. The number of carbonyl (C=O) groups excluding carboxylic acids is 1. The van der Waals surface area contributed by atoms with Crippen LogP contribution in [0.4, 0.5) is 0 Å². The fraction of sp³-hybridized carbons (Fsp3) is 0.731. The minimum Gasteiger partial charge on any atom is -0.467 e. The standard InChI is InChI=1S/C26H44O13S/c1-24-3-5-25(6-4-24)40(28,29)39-22-21-37-18-17-35-14-13-33-10-9-31-7-8-32-11-12-34-15-16-36-19-20-38-23-26(27)30-2/h3-6H,7-23H2,1-2H3. The number of hydrogen-bond acceptors (Lipinski definition) is 13. The lowest BCUT2D eigenvalue weighted by atomic mass is 10.2. The van der Waals surface area contributed by atoms with Crippen molar-refractivity contribution in [2.45, 2.75) is 11.8 Å². The molecule has 13 nitrogen and oxygen atoms in total. The summed E-state index contributed by atoms with van der Waals surface area (Å²) in [7, 11) is -2.47. The van der Waals surface area contributed by atoms with Crippen molar-refractivity contribution in [2.75, 3.05) is 119 Å². The lowest BCUT2D eigenvalue weighted by Gasteiger charge is -2.09. The molecule has 0 atom stereocenters. The van der Waals surface area contributed by atoms with Gasteiger partial charge < -0.3 is 42.6 Å². The van der Waals surface area contributed by atoms with E-state index in [-0.39, 0.29) is 24.7 Å². The van der Waals surface area contributed by atoms with Crippen molar-refractivity contribution >= 4 is 16.1 Å². The first-order chi connectivity index (χ1) is 19.5. The number of rotatable bonds is 28. The van der Waals surface area contributed by atoms with Crippen LogP contribution < -0.4 is 0 Å². The molecule has 0 spiro atoms. The van der Waals surface area contributed by atoms with Gasteiger partial charge in [-0.3, -0.25) is 4.18 Å². The van der Waals surface area contributed by atoms with Gasteiger partial charge in [0.25, 0.3) is 10.1 Å². The quantitative estimate of drug-likeness (QED) is 0.0772. The summed E-state index contributed by atoms with van der Waals surface area (Å²) >= 11 is 0. The van der Waals surface area contributed by atoms with Crippen LogP contribution in [-0.4, -0.2) is 134 Å². The number of benzene rings is 1. The molecule has 0 heterocycles. The molecule has 0 aliphatic carbocycles. The average molecular weight is 597 g/mol. The van der Waals surface area contributed by atoms with E-state index in [4.69, 9.17) is 42.1 Å². The van der Waals surface area contributed by atoms with Crippen LogP contribution in [0.15, 0.2) is 29.2 Å². The van der Waals surface area contributed by atoms with Crippen LogP contribution in [-0.2, 0) is 61.7 Å². The van der Waals surface area contributed by atoms with Crippen LogP contribution in [0.25, 0.3) is 0 Å². The summed E-state index contributed by atoms with van der Waals surface area (Å²) in [6, 6.07) is 6.46. The van der Waals surface area contributed by atoms with Crippen molar-refractivity contribution in [3.8, 4) is 0 Å². The maximum Gasteiger partial charge on any atom is 0.331 e. The Balaban J connectivity index is 1.73. The Labute approximate surface area is 237 Å². The Kier molecular flexibility index (Phi) is 22.7. The summed E-state index contributed by atoms with van der Waals surface area (Å²) in [6.07, 6.45) is 0. The third-order valence-corrected chi connectivity index (χ3v) is 6.15. The van der Waals surface area contributed by atoms with Gasteiger partial charge >= 0.3 is 5.97 Å². The molecule has 1 rings (SSSR count). The predicted molar refractivity (Wildman–Crippen MR) is 143 cm³/mol. The van der Waals surface area contributed by atoms with E-state index in [1.54, 1.807) is 12.1 Å². The molecule has 232 valence electrons. The second-order valence-electron chi connectivity index (χ2n) is 8.00. The van der Waals surface area contributed by atoms with Crippen molar-refractivity contribution < 1.29 is 60.0 Å². The van der Waals surface area contributed by atoms with Gasteiger partial charge in [0.2, 0.25) is 0 Å². The summed E-state index contributed by atoms with van der Waals surface area (Å²) in [4.78, 5) is 11.0. The smallest absolute Gasteiger partial charge is 0.331 e. The maximum absolute atomic E-state index is 12.0. The zero-order valence-corrected chi connectivity index (χ0v) is 24.4. The first-order valence-corrected chi connectivity index (χ1v) is 14.5. The lowest BCUT2D eigenvalue weighted by Crippen LogP contribution is -2.16. The van der Waals surface area contributed by atoms with Gasteiger partial charge in [-0.25, -0.2) is 4.79 Å². The van der Waals surface area contributed by atoms with Crippen LogP contribution in [0.1, 0.15) is 5.56 Å². The lowest BCUT2D eigenvalue weighted by molar-refractivity contribution is -0.146. The molecule has 0 saturated carbocycles. The van der Waals surface area contributed by atoms with Gasteiger partial charge in [0, 0.05) is 0 Å². The largest absolute Gasteiger partial charge is 0.467 e. The molecule has 1 aromatic rings. The number of hydrogen-bond donors (Lipinski definition) is 0. The van der Waals surface area contributed by atoms with Gasteiger partial charge in [-0.1, -0.05) is 17.7 Å². The highest BCUT2D eigenvalue weighted by molar-refractivity contribution is 7.86. The number of carbonyl (C=O) groups is 1. The van der Waals surface area contributed by atoms with Gasteiger partial charge in [-0.05, 0) is 19.1 Å². The van der Waals surface area contributed by atoms with Crippen molar-refractivity contribution in [1.82, 2.24) is 0 Å². The van der Waals surface area contributed by atoms with Crippen LogP contribution in [0.2, 0.25) is 0 Å². The topological polar surface area (TPSA) is 144 Å². The second-order valence-corrected chi connectivity index (χ2v) is 9.62. The number of esters is 1. The van der Waals surface area contributed by atoms with E-state index in [2.05, 4.69) is 4.74 Å². The second kappa shape index (κ2) is 25.0. The zero-order chi connectivity index (χ0) is 29.2. The van der Waals surface area contributed by atoms with Crippen LogP contribution >= 0.6 is 0 Å². The van der Waals surface area contributed by atoms with Crippen molar-refractivity contribution in [1.29, 1.82) is 0 Å². The first kappa shape index (κ1) is 36.3. The van der Waals surface area contributed by atoms with E-state index in [9.17, 15) is 13.2 Å². The number of methoxy groups -OCH3 is 1. The molecule has 0 fully saturated rings. The highest BCUT2D eigenvalue weighted by Gasteiger charge is 2.14. The van der Waals surface area contributed by atoms with Gasteiger partial charge in [0.1, 0.15) is 6.61 Å². The van der Waals surface area contributed by atoms with E-state index < -0.39 is 16.1 Å². The van der Waals surface area contributed by atoms with Crippen LogP contribution in [0.3, 0.4) is 0 Å². The Morgan fingerprint density at radius 3 is 1.23 bits per heavy atom. The monoisotopic (exact) mass is 596 g/mol. The van der Waals surface area contributed by atoms with Gasteiger partial charge in [0.15, 0.2) is 0 Å². The molecule has 0 N–H and O–H groups in total. The Morgan fingerprint density at radius 1 is 0.550 bits per heavy atom. The molecule has 14 heteroatoms. The summed E-state index contributed by atoms with van der Waals surface area (Å²) < 4.78 is 76.2. The van der Waals surface area contributed by atoms with Crippen LogP contribution in [0.5, 0.6) is 0 Å². The fourth-order valence-electron chi connectivity index (χ4n) is 2.73. The Bertz CT molecular complexity index is 834. The first-order valence-electron chi connectivity index (χ1n) is 13.1. The average Bonchev–Trinajstić information content (AvgIpc) is 2.95. The molecule has 0 saturated heterocycles. The normalized spacial score (nSPS) is 11.7. The summed E-state index contributed by atoms with van der Waals surface area (Å²) in [5.41, 5.74) is 0.972. The summed E-state index contributed by atoms with van der Waals surface area (Å²) in [6.45, 7) is 7.74. The molecular weight excluding hydrogens is 552 g/mol. The fourth-order valence-corrected chi connectivity index (χ4v) is 3.62. The van der Waals surface area contributed by atoms with E-state index >= 15 is 0 Å². The van der Waals surface area contributed by atoms with Crippen molar-refractivity contribution in [2.24, 2.45) is 0 Å². The highest BCUT2D eigenvalue weighted by atomic mass is 32.2. The molecule has 0 radical (unpaired) electrons. The Hall–Kier alpha value is -1.72. The summed E-state index contributed by atoms with van der Waals surface area (Å²) in [5, 5.41) is 0. The van der Waals surface area contributed by atoms with E-state index in [0.29, 0.717) is 92.5 Å². The molecule has 0 aliphatic rings. The minimum atomic E-state index is -3.77. The molecule has 0 aromatic heterocycles.